The van der Waals surface area contributed by atoms with Gasteiger partial charge in [-0.1, -0.05) is 6.07 Å². The van der Waals surface area contributed by atoms with Crippen molar-refractivity contribution in [3.8, 4) is 11.8 Å². The molecule has 7 heteroatoms. The zero-order chi connectivity index (χ0) is 12.4. The summed E-state index contributed by atoms with van der Waals surface area (Å²) in [5.41, 5.74) is 0.447. The largest absolute Gasteiger partial charge is 0.477 e. The third kappa shape index (κ3) is 1.82. The van der Waals surface area contributed by atoms with E-state index in [2.05, 4.69) is 9.97 Å². The van der Waals surface area contributed by atoms with Crippen LogP contribution >= 0.6 is 0 Å². The maximum absolute atomic E-state index is 10.8. The number of methoxy groups -OCH3 is 2. The molecule has 0 saturated heterocycles. The molecule has 0 aliphatic carbocycles. The molecule has 0 atom stereocenters. The topological polar surface area (TPSA) is 87.4 Å². The molecule has 1 aromatic heterocycles. The van der Waals surface area contributed by atoms with E-state index in [0.29, 0.717) is 5.52 Å². The first-order valence-corrected chi connectivity index (χ1v) is 4.70. The predicted octanol–water partition coefficient (Wildman–Crippen LogP) is 1.56. The number of ether oxygens (including phenoxy) is 2. The van der Waals surface area contributed by atoms with Gasteiger partial charge >= 0.3 is 0 Å². The highest BCUT2D eigenvalue weighted by Crippen LogP contribution is 2.29. The standard InChI is InChI=1S/C10H9N3O4/c1-16-9-10(17-2)12-8-6(11-9)4-3-5-7(8)13(14)15/h3-5H,1-2H3. The second-order valence-corrected chi connectivity index (χ2v) is 3.14. The van der Waals surface area contributed by atoms with Crippen LogP contribution in [0, 0.1) is 10.1 Å². The minimum atomic E-state index is -0.511. The van der Waals surface area contributed by atoms with Gasteiger partial charge in [0, 0.05) is 6.07 Å². The van der Waals surface area contributed by atoms with E-state index in [-0.39, 0.29) is 23.0 Å². The van der Waals surface area contributed by atoms with Crippen molar-refractivity contribution in [2.75, 3.05) is 14.2 Å². The second kappa shape index (κ2) is 4.20. The van der Waals surface area contributed by atoms with Crippen LogP contribution in [0.4, 0.5) is 5.69 Å². The summed E-state index contributed by atoms with van der Waals surface area (Å²) >= 11 is 0. The number of nitro benzene ring substituents is 1. The molecule has 2 aromatic rings. The fraction of sp³-hybridized carbons (Fsp3) is 0.200. The van der Waals surface area contributed by atoms with Crippen LogP contribution in [0.2, 0.25) is 0 Å². The van der Waals surface area contributed by atoms with Crippen molar-refractivity contribution in [1.29, 1.82) is 0 Å². The molecule has 1 aromatic carbocycles. The van der Waals surface area contributed by atoms with Crippen molar-refractivity contribution in [2.45, 2.75) is 0 Å². The van der Waals surface area contributed by atoms with Crippen LogP contribution in [0.3, 0.4) is 0 Å². The predicted molar refractivity (Wildman–Crippen MR) is 59.3 cm³/mol. The van der Waals surface area contributed by atoms with E-state index in [1.165, 1.54) is 20.3 Å². The minimum absolute atomic E-state index is 0.115. The van der Waals surface area contributed by atoms with E-state index in [0.717, 1.165) is 0 Å². The van der Waals surface area contributed by atoms with Crippen molar-refractivity contribution in [3.05, 3.63) is 28.3 Å². The van der Waals surface area contributed by atoms with Gasteiger partial charge in [0.05, 0.1) is 19.1 Å². The zero-order valence-corrected chi connectivity index (χ0v) is 9.21. The van der Waals surface area contributed by atoms with Gasteiger partial charge in [-0.3, -0.25) is 10.1 Å². The monoisotopic (exact) mass is 235 g/mol. The number of hydrogen-bond acceptors (Lipinski definition) is 6. The number of non-ortho nitro benzene ring substituents is 1. The van der Waals surface area contributed by atoms with Crippen LogP contribution < -0.4 is 9.47 Å². The van der Waals surface area contributed by atoms with E-state index in [1.54, 1.807) is 12.1 Å². The summed E-state index contributed by atoms with van der Waals surface area (Å²) in [6, 6.07) is 4.53. The van der Waals surface area contributed by atoms with Crippen molar-refractivity contribution < 1.29 is 14.4 Å². The lowest BCUT2D eigenvalue weighted by Crippen LogP contribution is -1.99. The molecule has 0 aliphatic heterocycles. The maximum Gasteiger partial charge on any atom is 0.297 e. The van der Waals surface area contributed by atoms with E-state index in [4.69, 9.17) is 9.47 Å². The third-order valence-electron chi connectivity index (χ3n) is 2.20. The van der Waals surface area contributed by atoms with Gasteiger partial charge in [0.25, 0.3) is 17.4 Å². The van der Waals surface area contributed by atoms with Crippen LogP contribution in [0.1, 0.15) is 0 Å². The fourth-order valence-electron chi connectivity index (χ4n) is 1.44. The molecule has 0 radical (unpaired) electrons. The molecular formula is C10H9N3O4. The molecule has 0 amide bonds. The van der Waals surface area contributed by atoms with Crippen LogP contribution in [0.25, 0.3) is 11.0 Å². The summed E-state index contributed by atoms with van der Waals surface area (Å²) in [7, 11) is 2.82. The molecule has 2 rings (SSSR count). The first-order valence-electron chi connectivity index (χ1n) is 4.70. The number of hydrogen-bond donors (Lipinski definition) is 0. The smallest absolute Gasteiger partial charge is 0.297 e. The summed E-state index contributed by atoms with van der Waals surface area (Å²) in [5, 5.41) is 10.8. The number of aromatic nitrogens is 2. The molecule has 0 saturated carbocycles. The van der Waals surface area contributed by atoms with Crippen LogP contribution in [0.5, 0.6) is 11.8 Å². The summed E-state index contributed by atoms with van der Waals surface area (Å²) < 4.78 is 9.93. The Labute approximate surface area is 96.2 Å². The lowest BCUT2D eigenvalue weighted by Gasteiger charge is -2.06. The first kappa shape index (κ1) is 11.1. The Bertz CT molecular complexity index is 585. The van der Waals surface area contributed by atoms with Gasteiger partial charge in [-0.2, -0.15) is 4.98 Å². The average molecular weight is 235 g/mol. The number of rotatable bonds is 3. The van der Waals surface area contributed by atoms with Crippen LogP contribution in [0.15, 0.2) is 18.2 Å². The van der Waals surface area contributed by atoms with Crippen molar-refractivity contribution >= 4 is 16.7 Å². The number of fused-ring (bicyclic) bond motifs is 1. The van der Waals surface area contributed by atoms with Gasteiger partial charge in [0.2, 0.25) is 0 Å². The van der Waals surface area contributed by atoms with Gasteiger partial charge in [0.1, 0.15) is 5.52 Å². The number of nitro groups is 1. The Kier molecular flexibility index (Phi) is 2.73. The van der Waals surface area contributed by atoms with Gasteiger partial charge in [-0.15, -0.1) is 0 Å². The van der Waals surface area contributed by atoms with Crippen molar-refractivity contribution in [1.82, 2.24) is 9.97 Å². The Morgan fingerprint density at radius 1 is 1.18 bits per heavy atom. The van der Waals surface area contributed by atoms with Gasteiger partial charge < -0.3 is 9.47 Å². The van der Waals surface area contributed by atoms with Gasteiger partial charge in [0.15, 0.2) is 5.52 Å². The van der Waals surface area contributed by atoms with Crippen molar-refractivity contribution in [2.24, 2.45) is 0 Å². The van der Waals surface area contributed by atoms with E-state index < -0.39 is 4.92 Å². The lowest BCUT2D eigenvalue weighted by atomic mass is 10.2. The fourth-order valence-corrected chi connectivity index (χ4v) is 1.44. The molecule has 7 nitrogen and oxygen atoms in total. The summed E-state index contributed by atoms with van der Waals surface area (Å²) in [4.78, 5) is 18.5. The van der Waals surface area contributed by atoms with Crippen LogP contribution in [-0.2, 0) is 0 Å². The van der Waals surface area contributed by atoms with Gasteiger partial charge in [-0.25, -0.2) is 4.98 Å². The Morgan fingerprint density at radius 2 is 1.82 bits per heavy atom. The molecule has 0 bridgehead atoms. The summed E-state index contributed by atoms with van der Waals surface area (Å²) in [6.45, 7) is 0. The zero-order valence-electron chi connectivity index (χ0n) is 9.21. The first-order chi connectivity index (χ1) is 8.17. The summed E-state index contributed by atoms with van der Waals surface area (Å²) in [5.74, 6) is 0.315. The number of benzene rings is 1. The van der Waals surface area contributed by atoms with Gasteiger partial charge in [-0.05, 0) is 6.07 Å². The Hall–Kier alpha value is -2.44. The molecule has 0 spiro atoms. The van der Waals surface area contributed by atoms with E-state index in [1.807, 2.05) is 0 Å². The highest BCUT2D eigenvalue weighted by molar-refractivity contribution is 5.84. The maximum atomic E-state index is 10.8. The molecular weight excluding hydrogens is 226 g/mol. The Balaban J connectivity index is 2.78. The average Bonchev–Trinajstić information content (AvgIpc) is 2.35. The lowest BCUT2D eigenvalue weighted by molar-refractivity contribution is -0.383. The highest BCUT2D eigenvalue weighted by atomic mass is 16.6. The third-order valence-corrected chi connectivity index (χ3v) is 2.20. The van der Waals surface area contributed by atoms with Crippen molar-refractivity contribution in [3.63, 3.8) is 0 Å². The quantitative estimate of drug-likeness (QED) is 0.592. The molecule has 0 aliphatic rings. The molecule has 17 heavy (non-hydrogen) atoms. The minimum Gasteiger partial charge on any atom is -0.477 e. The van der Waals surface area contributed by atoms with E-state index >= 15 is 0 Å². The SMILES string of the molecule is COc1nc2cccc([N+](=O)[O-])c2nc1OC. The molecule has 0 unspecified atom stereocenters. The normalized spacial score (nSPS) is 10.2. The number of para-hydroxylation sites is 1. The second-order valence-electron chi connectivity index (χ2n) is 3.14. The molecule has 88 valence electrons. The van der Waals surface area contributed by atoms with Crippen LogP contribution in [-0.4, -0.2) is 29.1 Å². The van der Waals surface area contributed by atoms with E-state index in [9.17, 15) is 10.1 Å². The molecule has 0 fully saturated rings. The number of nitrogens with zero attached hydrogens (tertiary/aromatic N) is 3. The highest BCUT2D eigenvalue weighted by Gasteiger charge is 2.17. The Morgan fingerprint density at radius 3 is 2.41 bits per heavy atom. The summed E-state index contributed by atoms with van der Waals surface area (Å²) in [6.07, 6.45) is 0. The molecule has 0 N–H and O–H groups in total. The molecule has 1 heterocycles.